The zero-order chi connectivity index (χ0) is 21.0. The van der Waals surface area contributed by atoms with Gasteiger partial charge in [-0.1, -0.05) is 17.7 Å². The smallest absolute Gasteiger partial charge is 0.357 e. The van der Waals surface area contributed by atoms with Crippen molar-refractivity contribution in [1.82, 2.24) is 9.29 Å². The Kier molecular flexibility index (Phi) is 6.66. The highest BCUT2D eigenvalue weighted by atomic mass is 32.2. The van der Waals surface area contributed by atoms with Gasteiger partial charge >= 0.3 is 5.97 Å². The van der Waals surface area contributed by atoms with Crippen molar-refractivity contribution in [2.24, 2.45) is 5.92 Å². The minimum Gasteiger partial charge on any atom is -0.461 e. The predicted octanol–water partition coefficient (Wildman–Crippen LogP) is 2.67. The number of nitrogens with zero attached hydrogens (tertiary/aromatic N) is 2. The largest absolute Gasteiger partial charge is 0.461 e. The molecule has 2 aromatic rings. The summed E-state index contributed by atoms with van der Waals surface area (Å²) in [5.74, 6) is -1.34. The lowest BCUT2D eigenvalue weighted by Crippen LogP contribution is -2.43. The van der Waals surface area contributed by atoms with Crippen molar-refractivity contribution in [3.05, 3.63) is 40.9 Å². The summed E-state index contributed by atoms with van der Waals surface area (Å²) >= 11 is 1.12. The molecular formula is C19H23N3O5S2. The van der Waals surface area contributed by atoms with E-state index in [0.717, 1.165) is 16.9 Å². The molecule has 0 bridgehead atoms. The summed E-state index contributed by atoms with van der Waals surface area (Å²) in [6.07, 6.45) is 1.18. The standard InChI is InChI=1S/C19H23N3O5S2/c1-3-27-18(24)16-12-28-19(20-16)21-17(23)14-5-4-10-22(11-14)29(25,26)15-8-6-13(2)7-9-15/h6-9,12,14H,3-5,10-11H2,1-2H3,(H,20,21,23). The van der Waals surface area contributed by atoms with Crippen LogP contribution in [0, 0.1) is 12.8 Å². The number of esters is 1. The predicted molar refractivity (Wildman–Crippen MR) is 109 cm³/mol. The second-order valence-corrected chi connectivity index (χ2v) is 9.56. The summed E-state index contributed by atoms with van der Waals surface area (Å²) in [5.41, 5.74) is 1.12. The highest BCUT2D eigenvalue weighted by molar-refractivity contribution is 7.89. The van der Waals surface area contributed by atoms with Crippen molar-refractivity contribution in [2.75, 3.05) is 25.0 Å². The number of hydrogen-bond acceptors (Lipinski definition) is 7. The molecule has 1 aliphatic heterocycles. The van der Waals surface area contributed by atoms with Crippen molar-refractivity contribution in [3.63, 3.8) is 0 Å². The second-order valence-electron chi connectivity index (χ2n) is 6.76. The molecule has 0 aliphatic carbocycles. The number of hydrogen-bond donors (Lipinski definition) is 1. The number of aryl methyl sites for hydroxylation is 1. The van der Waals surface area contributed by atoms with Crippen LogP contribution in [0.3, 0.4) is 0 Å². The zero-order valence-electron chi connectivity index (χ0n) is 16.3. The Morgan fingerprint density at radius 2 is 2.03 bits per heavy atom. The molecule has 1 N–H and O–H groups in total. The molecule has 1 atom stereocenters. The van der Waals surface area contributed by atoms with Gasteiger partial charge in [-0.25, -0.2) is 18.2 Å². The molecule has 2 heterocycles. The summed E-state index contributed by atoms with van der Waals surface area (Å²) in [4.78, 5) is 28.6. The Labute approximate surface area is 173 Å². The molecule has 0 saturated carbocycles. The van der Waals surface area contributed by atoms with Gasteiger partial charge in [0.2, 0.25) is 15.9 Å². The molecule has 8 nitrogen and oxygen atoms in total. The number of aromatic nitrogens is 1. The van der Waals surface area contributed by atoms with Crippen molar-refractivity contribution >= 4 is 38.4 Å². The third-order valence-corrected chi connectivity index (χ3v) is 7.27. The highest BCUT2D eigenvalue weighted by Gasteiger charge is 2.33. The first-order valence-electron chi connectivity index (χ1n) is 9.31. The molecule has 10 heteroatoms. The summed E-state index contributed by atoms with van der Waals surface area (Å²) in [6, 6.07) is 6.68. The molecule has 1 aliphatic rings. The molecule has 156 valence electrons. The van der Waals surface area contributed by atoms with Crippen molar-refractivity contribution in [1.29, 1.82) is 0 Å². The SMILES string of the molecule is CCOC(=O)c1csc(NC(=O)C2CCCN(S(=O)(=O)c3ccc(C)cc3)C2)n1. The van der Waals surface area contributed by atoms with Gasteiger partial charge in [-0.2, -0.15) is 4.31 Å². The molecule has 1 fully saturated rings. The first kappa shape index (κ1) is 21.4. The fraction of sp³-hybridized carbons (Fsp3) is 0.421. The normalized spacial score (nSPS) is 17.7. The van der Waals surface area contributed by atoms with Crippen molar-refractivity contribution in [2.45, 2.75) is 31.6 Å². The van der Waals surface area contributed by atoms with Crippen LogP contribution in [0.1, 0.15) is 35.8 Å². The zero-order valence-corrected chi connectivity index (χ0v) is 17.9. The molecule has 1 saturated heterocycles. The number of ether oxygens (including phenoxy) is 1. The number of amides is 1. The second kappa shape index (κ2) is 9.02. The van der Waals surface area contributed by atoms with Crippen LogP contribution in [0.4, 0.5) is 5.13 Å². The average molecular weight is 438 g/mol. The van der Waals surface area contributed by atoms with Gasteiger partial charge in [0.05, 0.1) is 17.4 Å². The number of sulfonamides is 1. The minimum atomic E-state index is -3.65. The van der Waals surface area contributed by atoms with E-state index in [4.69, 9.17) is 4.74 Å². The summed E-state index contributed by atoms with van der Waals surface area (Å²) in [7, 11) is -3.65. The van der Waals surface area contributed by atoms with Gasteiger partial charge in [0.1, 0.15) is 0 Å². The molecule has 0 radical (unpaired) electrons. The lowest BCUT2D eigenvalue weighted by molar-refractivity contribution is -0.120. The van der Waals surface area contributed by atoms with Crippen LogP contribution in [-0.4, -0.2) is 49.3 Å². The van der Waals surface area contributed by atoms with Crippen molar-refractivity contribution < 1.29 is 22.7 Å². The molecule has 1 amide bonds. The maximum atomic E-state index is 12.9. The number of rotatable bonds is 6. The van der Waals surface area contributed by atoms with E-state index in [1.165, 1.54) is 9.69 Å². The van der Waals surface area contributed by atoms with Gasteiger partial charge in [0, 0.05) is 18.5 Å². The van der Waals surface area contributed by atoms with Gasteiger partial charge in [0.15, 0.2) is 10.8 Å². The van der Waals surface area contributed by atoms with E-state index in [1.807, 2.05) is 6.92 Å². The monoisotopic (exact) mass is 437 g/mol. The number of nitrogens with one attached hydrogen (secondary N) is 1. The molecule has 1 aromatic carbocycles. The quantitative estimate of drug-likeness (QED) is 0.697. The number of carbonyl (C=O) groups is 2. The molecular weight excluding hydrogens is 414 g/mol. The van der Waals surface area contributed by atoms with Gasteiger partial charge in [-0.3, -0.25) is 4.79 Å². The van der Waals surface area contributed by atoms with Crippen LogP contribution in [0.25, 0.3) is 0 Å². The van der Waals surface area contributed by atoms with E-state index >= 15 is 0 Å². The third kappa shape index (κ3) is 5.01. The Morgan fingerprint density at radius 3 is 2.72 bits per heavy atom. The van der Waals surface area contributed by atoms with E-state index in [-0.39, 0.29) is 34.8 Å². The Morgan fingerprint density at radius 1 is 1.31 bits per heavy atom. The molecule has 3 rings (SSSR count). The van der Waals surface area contributed by atoms with E-state index in [1.54, 1.807) is 31.2 Å². The summed E-state index contributed by atoms with van der Waals surface area (Å²) in [6.45, 7) is 4.32. The maximum absolute atomic E-state index is 12.9. The molecule has 1 unspecified atom stereocenters. The van der Waals surface area contributed by atoms with E-state index in [0.29, 0.717) is 19.4 Å². The van der Waals surface area contributed by atoms with E-state index in [2.05, 4.69) is 10.3 Å². The summed E-state index contributed by atoms with van der Waals surface area (Å²) in [5, 5.41) is 4.49. The number of carbonyl (C=O) groups excluding carboxylic acids is 2. The molecule has 0 spiro atoms. The average Bonchev–Trinajstić information content (AvgIpc) is 3.17. The van der Waals surface area contributed by atoms with Crippen LogP contribution in [0.2, 0.25) is 0 Å². The number of piperidine rings is 1. The Bertz CT molecular complexity index is 986. The lowest BCUT2D eigenvalue weighted by Gasteiger charge is -2.31. The van der Waals surface area contributed by atoms with E-state index in [9.17, 15) is 18.0 Å². The van der Waals surface area contributed by atoms with Gasteiger partial charge in [-0.15, -0.1) is 11.3 Å². The Hall–Kier alpha value is -2.30. The number of benzene rings is 1. The Balaban J connectivity index is 1.66. The highest BCUT2D eigenvalue weighted by Crippen LogP contribution is 2.25. The first-order valence-corrected chi connectivity index (χ1v) is 11.6. The van der Waals surface area contributed by atoms with Crippen LogP contribution in [0.5, 0.6) is 0 Å². The number of thiazole rings is 1. The van der Waals surface area contributed by atoms with Gasteiger partial charge < -0.3 is 10.1 Å². The van der Waals surface area contributed by atoms with Crippen LogP contribution < -0.4 is 5.32 Å². The van der Waals surface area contributed by atoms with Crippen LogP contribution >= 0.6 is 11.3 Å². The van der Waals surface area contributed by atoms with Crippen LogP contribution in [-0.2, 0) is 19.6 Å². The third-order valence-electron chi connectivity index (χ3n) is 4.63. The maximum Gasteiger partial charge on any atom is 0.357 e. The topological polar surface area (TPSA) is 106 Å². The van der Waals surface area contributed by atoms with Crippen molar-refractivity contribution in [3.8, 4) is 0 Å². The van der Waals surface area contributed by atoms with Gasteiger partial charge in [-0.05, 0) is 38.8 Å². The fourth-order valence-electron chi connectivity index (χ4n) is 3.07. The van der Waals surface area contributed by atoms with E-state index < -0.39 is 21.9 Å². The number of anilines is 1. The summed E-state index contributed by atoms with van der Waals surface area (Å²) < 4.78 is 32.0. The van der Waals surface area contributed by atoms with Gasteiger partial charge in [0.25, 0.3) is 0 Å². The molecule has 1 aromatic heterocycles. The molecule has 29 heavy (non-hydrogen) atoms. The fourth-order valence-corrected chi connectivity index (χ4v) is 5.28. The first-order chi connectivity index (χ1) is 13.8. The minimum absolute atomic E-state index is 0.109. The van der Waals surface area contributed by atoms with Crippen LogP contribution in [0.15, 0.2) is 34.5 Å². The lowest BCUT2D eigenvalue weighted by atomic mass is 9.99.